The second kappa shape index (κ2) is 8.08. The Labute approximate surface area is 152 Å². The maximum Gasteiger partial charge on any atom is 0.261 e. The molecule has 0 aromatic heterocycles. The largest absolute Gasteiger partial charge is 0.322 e. The number of ketones is 1. The highest BCUT2D eigenvalue weighted by atomic mass is 32.2. The van der Waals surface area contributed by atoms with Crippen LogP contribution in [0.15, 0.2) is 46.2 Å². The average molecular weight is 362 g/mol. The Kier molecular flexibility index (Phi) is 6.35. The molecule has 128 valence electrons. The summed E-state index contributed by atoms with van der Waals surface area (Å²) in [5, 5.41) is 2.85. The van der Waals surface area contributed by atoms with Crippen LogP contribution in [-0.2, 0) is 9.59 Å². The Morgan fingerprint density at radius 3 is 2.21 bits per heavy atom. The first-order valence-corrected chi connectivity index (χ1v) is 9.85. The van der Waals surface area contributed by atoms with Crippen LogP contribution in [0.4, 0.5) is 5.69 Å². The Morgan fingerprint density at radius 1 is 1.08 bits per heavy atom. The molecule has 1 aliphatic heterocycles. The van der Waals surface area contributed by atoms with E-state index in [-0.39, 0.29) is 22.7 Å². The number of aryl methyl sites for hydroxylation is 1. The first kappa shape index (κ1) is 18.9. The monoisotopic (exact) mass is 361 g/mol. The zero-order valence-electron chi connectivity index (χ0n) is 14.5. The lowest BCUT2D eigenvalue weighted by atomic mass is 9.95. The minimum absolute atomic E-state index is 0.102. The zero-order chi connectivity index (χ0) is 17.7. The van der Waals surface area contributed by atoms with E-state index in [1.165, 1.54) is 6.08 Å². The van der Waals surface area contributed by atoms with Crippen LogP contribution < -0.4 is 5.32 Å². The van der Waals surface area contributed by atoms with Crippen LogP contribution in [-0.4, -0.2) is 23.2 Å². The second-order valence-electron chi connectivity index (χ2n) is 6.74. The van der Waals surface area contributed by atoms with Gasteiger partial charge < -0.3 is 5.32 Å². The molecule has 0 bridgehead atoms. The highest BCUT2D eigenvalue weighted by molar-refractivity contribution is 8.25. The van der Waals surface area contributed by atoms with Crippen LogP contribution in [0.3, 0.4) is 0 Å². The third kappa shape index (κ3) is 5.56. The number of amides is 1. The maximum absolute atomic E-state index is 12.7. The van der Waals surface area contributed by atoms with E-state index in [0.29, 0.717) is 5.69 Å². The molecule has 1 heterocycles. The van der Waals surface area contributed by atoms with Gasteiger partial charge in [-0.1, -0.05) is 44.5 Å². The molecule has 1 saturated heterocycles. The Bertz CT molecular complexity index is 674. The summed E-state index contributed by atoms with van der Waals surface area (Å²) in [6.07, 6.45) is 3.37. The first-order valence-electron chi connectivity index (χ1n) is 7.88. The predicted molar refractivity (Wildman–Crippen MR) is 105 cm³/mol. The van der Waals surface area contributed by atoms with E-state index in [1.54, 1.807) is 23.5 Å². The van der Waals surface area contributed by atoms with Crippen molar-refractivity contribution in [2.45, 2.75) is 27.7 Å². The molecule has 1 aliphatic rings. The van der Waals surface area contributed by atoms with E-state index in [1.807, 2.05) is 58.0 Å². The maximum atomic E-state index is 12.7. The van der Waals surface area contributed by atoms with Crippen molar-refractivity contribution >= 4 is 40.9 Å². The Morgan fingerprint density at radius 2 is 1.67 bits per heavy atom. The number of anilines is 1. The number of hydrogen-bond acceptors (Lipinski definition) is 4. The summed E-state index contributed by atoms with van der Waals surface area (Å²) in [5.41, 5.74) is 1.97. The topological polar surface area (TPSA) is 46.2 Å². The molecule has 1 fully saturated rings. The van der Waals surface area contributed by atoms with Gasteiger partial charge in [0.05, 0.1) is 4.24 Å². The molecule has 3 nitrogen and oxygen atoms in total. The van der Waals surface area contributed by atoms with Crippen molar-refractivity contribution in [2.24, 2.45) is 5.41 Å². The van der Waals surface area contributed by atoms with E-state index in [2.05, 4.69) is 5.32 Å². The Balaban J connectivity index is 2.25. The van der Waals surface area contributed by atoms with Crippen molar-refractivity contribution in [2.75, 3.05) is 16.8 Å². The molecule has 0 unspecified atom stereocenters. The average Bonchev–Trinajstić information content (AvgIpc) is 3.01. The molecule has 0 spiro atoms. The summed E-state index contributed by atoms with van der Waals surface area (Å²) in [5.74, 6) is 1.29. The normalized spacial score (nSPS) is 14.9. The lowest BCUT2D eigenvalue weighted by Gasteiger charge is -2.12. The summed E-state index contributed by atoms with van der Waals surface area (Å²) in [6, 6.07) is 7.56. The van der Waals surface area contributed by atoms with Crippen molar-refractivity contribution in [1.82, 2.24) is 0 Å². The SMILES string of the molecule is Cc1ccc(NC(=O)C(C(=O)/C=C/C(C)(C)C)=C2SCCS2)cc1. The van der Waals surface area contributed by atoms with Crippen molar-refractivity contribution in [3.05, 3.63) is 51.8 Å². The fourth-order valence-electron chi connectivity index (χ4n) is 2.00. The molecule has 0 radical (unpaired) electrons. The minimum Gasteiger partial charge on any atom is -0.322 e. The molecule has 1 amide bonds. The summed E-state index contributed by atoms with van der Waals surface area (Å²) >= 11 is 3.16. The van der Waals surface area contributed by atoms with Crippen molar-refractivity contribution in [3.63, 3.8) is 0 Å². The van der Waals surface area contributed by atoms with Gasteiger partial charge in [-0.3, -0.25) is 9.59 Å². The van der Waals surface area contributed by atoms with E-state index in [4.69, 9.17) is 0 Å². The number of rotatable bonds is 4. The molecule has 2 rings (SSSR count). The van der Waals surface area contributed by atoms with Gasteiger partial charge in [0.2, 0.25) is 0 Å². The van der Waals surface area contributed by atoms with Crippen molar-refractivity contribution < 1.29 is 9.59 Å². The number of carbonyl (C=O) groups is 2. The second-order valence-corrected chi connectivity index (χ2v) is 9.21. The molecule has 0 aliphatic carbocycles. The van der Waals surface area contributed by atoms with E-state index >= 15 is 0 Å². The molecule has 0 saturated carbocycles. The minimum atomic E-state index is -0.334. The van der Waals surface area contributed by atoms with Gasteiger partial charge in [-0.25, -0.2) is 0 Å². The molecule has 1 aromatic carbocycles. The first-order chi connectivity index (χ1) is 11.3. The third-order valence-corrected chi connectivity index (χ3v) is 5.99. The summed E-state index contributed by atoms with van der Waals surface area (Å²) in [6.45, 7) is 8.06. The summed E-state index contributed by atoms with van der Waals surface area (Å²) in [7, 11) is 0. The molecule has 0 atom stereocenters. The van der Waals surface area contributed by atoms with Crippen LogP contribution in [0.1, 0.15) is 26.3 Å². The fourth-order valence-corrected chi connectivity index (χ4v) is 4.55. The smallest absolute Gasteiger partial charge is 0.261 e. The number of thioether (sulfide) groups is 2. The van der Waals surface area contributed by atoms with Crippen LogP contribution in [0.5, 0.6) is 0 Å². The van der Waals surface area contributed by atoms with E-state index in [9.17, 15) is 9.59 Å². The molecular weight excluding hydrogens is 338 g/mol. The lowest BCUT2D eigenvalue weighted by Crippen LogP contribution is -2.20. The quantitative estimate of drug-likeness (QED) is 0.475. The molecule has 5 heteroatoms. The van der Waals surface area contributed by atoms with Gasteiger partial charge in [0.25, 0.3) is 5.91 Å². The van der Waals surface area contributed by atoms with Gasteiger partial charge in [-0.05, 0) is 30.5 Å². The fraction of sp³-hybridized carbons (Fsp3) is 0.368. The van der Waals surface area contributed by atoms with E-state index < -0.39 is 0 Å². The molecule has 1 N–H and O–H groups in total. The molecular formula is C19H23NO2S2. The highest BCUT2D eigenvalue weighted by Gasteiger charge is 2.25. The Hall–Kier alpha value is -1.46. The van der Waals surface area contributed by atoms with Gasteiger partial charge in [0, 0.05) is 17.2 Å². The van der Waals surface area contributed by atoms with Crippen LogP contribution in [0.2, 0.25) is 0 Å². The number of allylic oxidation sites excluding steroid dienone is 2. The van der Waals surface area contributed by atoms with E-state index in [0.717, 1.165) is 21.3 Å². The van der Waals surface area contributed by atoms with Crippen LogP contribution in [0, 0.1) is 12.3 Å². The van der Waals surface area contributed by atoms with Gasteiger partial charge in [-0.15, -0.1) is 23.5 Å². The van der Waals surface area contributed by atoms with Crippen molar-refractivity contribution in [1.29, 1.82) is 0 Å². The van der Waals surface area contributed by atoms with Crippen LogP contribution >= 0.6 is 23.5 Å². The van der Waals surface area contributed by atoms with Gasteiger partial charge in [-0.2, -0.15) is 0 Å². The molecule has 1 aromatic rings. The summed E-state index contributed by atoms with van der Waals surface area (Å²) in [4.78, 5) is 25.3. The van der Waals surface area contributed by atoms with Crippen LogP contribution in [0.25, 0.3) is 0 Å². The number of hydrogen-bond donors (Lipinski definition) is 1. The third-order valence-electron chi connectivity index (χ3n) is 3.27. The van der Waals surface area contributed by atoms with Gasteiger partial charge in [0.1, 0.15) is 5.57 Å². The van der Waals surface area contributed by atoms with Gasteiger partial charge in [0.15, 0.2) is 5.78 Å². The lowest BCUT2D eigenvalue weighted by molar-refractivity contribution is -0.117. The summed E-state index contributed by atoms with van der Waals surface area (Å²) < 4.78 is 0.822. The number of nitrogens with one attached hydrogen (secondary N) is 1. The molecule has 24 heavy (non-hydrogen) atoms. The zero-order valence-corrected chi connectivity index (χ0v) is 16.1. The highest BCUT2D eigenvalue weighted by Crippen LogP contribution is 2.39. The predicted octanol–water partition coefficient (Wildman–Crippen LogP) is 4.80. The van der Waals surface area contributed by atoms with Gasteiger partial charge >= 0.3 is 0 Å². The standard InChI is InChI=1S/C19H23NO2S2/c1-13-5-7-14(8-6-13)20-17(22)16(18-23-11-12-24-18)15(21)9-10-19(2,3)4/h5-10H,11-12H2,1-4H3,(H,20,22)/b10-9+. The number of carbonyl (C=O) groups excluding carboxylic acids is 2. The number of benzene rings is 1. The van der Waals surface area contributed by atoms with Crippen molar-refractivity contribution in [3.8, 4) is 0 Å².